The molecule has 34 heavy (non-hydrogen) atoms. The fourth-order valence-electron chi connectivity index (χ4n) is 4.23. The van der Waals surface area contributed by atoms with Gasteiger partial charge < -0.3 is 10.1 Å². The van der Waals surface area contributed by atoms with Crippen LogP contribution in [0.1, 0.15) is 25.3 Å². The summed E-state index contributed by atoms with van der Waals surface area (Å²) in [6.45, 7) is 1.85. The first-order chi connectivity index (χ1) is 16.2. The van der Waals surface area contributed by atoms with Crippen LogP contribution in [0, 0.1) is 5.82 Å². The number of anilines is 2. The van der Waals surface area contributed by atoms with E-state index in [9.17, 15) is 17.6 Å². The van der Waals surface area contributed by atoms with Gasteiger partial charge in [0.2, 0.25) is 5.91 Å². The quantitative estimate of drug-likeness (QED) is 0.527. The Morgan fingerprint density at radius 3 is 2.41 bits per heavy atom. The highest BCUT2D eigenvalue weighted by molar-refractivity contribution is 7.92. The van der Waals surface area contributed by atoms with Crippen LogP contribution in [0.2, 0.25) is 5.02 Å². The first-order valence-corrected chi connectivity index (χ1v) is 12.7. The van der Waals surface area contributed by atoms with Crippen molar-refractivity contribution in [3.05, 3.63) is 83.1 Å². The van der Waals surface area contributed by atoms with E-state index in [1.165, 1.54) is 16.4 Å². The van der Waals surface area contributed by atoms with Gasteiger partial charge in [-0.1, -0.05) is 23.7 Å². The highest BCUT2D eigenvalue weighted by atomic mass is 35.5. The Bertz CT molecular complexity index is 1360. The summed E-state index contributed by atoms with van der Waals surface area (Å²) in [7, 11) is -3.97. The lowest BCUT2D eigenvalue weighted by atomic mass is 9.95. The van der Waals surface area contributed by atoms with Gasteiger partial charge in [0, 0.05) is 10.7 Å². The van der Waals surface area contributed by atoms with Gasteiger partial charge in [-0.05, 0) is 79.9 Å². The predicted molar refractivity (Wildman–Crippen MR) is 128 cm³/mol. The zero-order valence-electron chi connectivity index (χ0n) is 18.3. The lowest BCUT2D eigenvalue weighted by Crippen LogP contribution is -2.42. The molecular weight excluding hydrogens is 479 g/mol. The number of halogens is 2. The van der Waals surface area contributed by atoms with Crippen LogP contribution in [0.4, 0.5) is 15.8 Å². The Morgan fingerprint density at radius 1 is 1.09 bits per heavy atom. The molecule has 5 rings (SSSR count). The molecule has 0 spiro atoms. The molecule has 6 nitrogen and oxygen atoms in total. The topological polar surface area (TPSA) is 75.7 Å². The van der Waals surface area contributed by atoms with Crippen molar-refractivity contribution in [1.82, 2.24) is 0 Å². The van der Waals surface area contributed by atoms with Crippen molar-refractivity contribution in [2.75, 3.05) is 16.2 Å². The van der Waals surface area contributed by atoms with E-state index in [0.717, 1.165) is 30.5 Å². The van der Waals surface area contributed by atoms with Gasteiger partial charge >= 0.3 is 0 Å². The van der Waals surface area contributed by atoms with E-state index < -0.39 is 21.3 Å². The molecule has 1 N–H and O–H groups in total. The number of nitrogens with zero attached hydrogens (tertiary/aromatic N) is 1. The van der Waals surface area contributed by atoms with Crippen molar-refractivity contribution in [3.63, 3.8) is 0 Å². The third-order valence-electron chi connectivity index (χ3n) is 6.22. The molecule has 1 fully saturated rings. The molecular formula is C25H22ClFN2O4S. The zero-order valence-corrected chi connectivity index (χ0v) is 19.9. The highest BCUT2D eigenvalue weighted by Crippen LogP contribution is 2.49. The number of fused-ring (bicyclic) bond motifs is 1. The Balaban J connectivity index is 1.46. The summed E-state index contributed by atoms with van der Waals surface area (Å²) in [6, 6.07) is 16.9. The third-order valence-corrected chi connectivity index (χ3v) is 8.27. The Hall–Kier alpha value is -3.10. The van der Waals surface area contributed by atoms with Crippen LogP contribution >= 0.6 is 11.6 Å². The normalized spacial score (nSPS) is 18.6. The monoisotopic (exact) mass is 500 g/mol. The number of benzene rings is 3. The minimum Gasteiger partial charge on any atom is -0.487 e. The molecule has 2 aliphatic rings. The van der Waals surface area contributed by atoms with Crippen molar-refractivity contribution in [2.45, 2.75) is 36.2 Å². The first-order valence-electron chi connectivity index (χ1n) is 10.9. The van der Waals surface area contributed by atoms with Crippen LogP contribution in [0.3, 0.4) is 0 Å². The Morgan fingerprint density at radius 2 is 1.76 bits per heavy atom. The molecule has 0 radical (unpaired) electrons. The average Bonchev–Trinajstić information content (AvgIpc) is 3.62. The molecule has 1 aliphatic carbocycles. The number of hydrogen-bond acceptors (Lipinski definition) is 4. The van der Waals surface area contributed by atoms with E-state index in [1.54, 1.807) is 37.3 Å². The summed E-state index contributed by atoms with van der Waals surface area (Å²) < 4.78 is 47.2. The van der Waals surface area contributed by atoms with Crippen LogP contribution in [-0.4, -0.2) is 27.0 Å². The smallest absolute Gasteiger partial charge is 0.264 e. The number of hydrogen-bond donors (Lipinski definition) is 1. The molecule has 0 saturated heterocycles. The second-order valence-corrected chi connectivity index (χ2v) is 10.9. The van der Waals surface area contributed by atoms with Crippen LogP contribution in [-0.2, 0) is 20.2 Å². The Kier molecular flexibility index (Phi) is 5.53. The molecule has 0 bridgehead atoms. The standard InChI is InChI=1S/C25H22ClFN2O4S/c1-16-15-29(34(31,32)21-9-6-19(27)7-10-21)22-14-20(8-11-23(22)33-16)28-24(30)25(12-13-25)17-2-4-18(26)5-3-17/h2-11,14,16H,12-13,15H2,1H3,(H,28,30)/t16-/m0/s1. The van der Waals surface area contributed by atoms with Gasteiger partial charge in [-0.3, -0.25) is 9.10 Å². The van der Waals surface area contributed by atoms with Gasteiger partial charge in [-0.2, -0.15) is 0 Å². The molecule has 1 heterocycles. The SMILES string of the molecule is C[C@H]1CN(S(=O)(=O)c2ccc(F)cc2)c2cc(NC(=O)C3(c4ccc(Cl)cc4)CC3)ccc2O1. The van der Waals surface area contributed by atoms with Gasteiger partial charge in [0.15, 0.2) is 0 Å². The lowest BCUT2D eigenvalue weighted by Gasteiger charge is -2.34. The summed E-state index contributed by atoms with van der Waals surface area (Å²) in [6.07, 6.45) is 1.05. The van der Waals surface area contributed by atoms with E-state index in [0.29, 0.717) is 22.1 Å². The fraction of sp³-hybridized carbons (Fsp3) is 0.240. The number of sulfonamides is 1. The molecule has 1 aliphatic heterocycles. The largest absolute Gasteiger partial charge is 0.487 e. The number of nitrogens with one attached hydrogen (secondary N) is 1. The van der Waals surface area contributed by atoms with Crippen molar-refractivity contribution in [3.8, 4) is 5.75 Å². The lowest BCUT2D eigenvalue weighted by molar-refractivity contribution is -0.118. The van der Waals surface area contributed by atoms with E-state index in [-0.39, 0.29) is 23.5 Å². The maximum Gasteiger partial charge on any atom is 0.264 e. The predicted octanol–water partition coefficient (Wildman–Crippen LogP) is 5.13. The Labute approximate surface area is 202 Å². The number of ether oxygens (including phenoxy) is 1. The molecule has 0 aromatic heterocycles. The molecule has 3 aromatic rings. The van der Waals surface area contributed by atoms with E-state index in [1.807, 2.05) is 12.1 Å². The van der Waals surface area contributed by atoms with Crippen LogP contribution in [0.5, 0.6) is 5.75 Å². The summed E-state index contributed by atoms with van der Waals surface area (Å²) in [5.74, 6) is -0.288. The number of carbonyl (C=O) groups is 1. The van der Waals surface area contributed by atoms with Gasteiger partial charge in [-0.15, -0.1) is 0 Å². The minimum absolute atomic E-state index is 0.0249. The molecule has 9 heteroatoms. The number of amides is 1. The maximum atomic E-state index is 13.4. The molecule has 176 valence electrons. The second kappa shape index (κ2) is 8.29. The van der Waals surface area contributed by atoms with Crippen molar-refractivity contribution >= 4 is 38.9 Å². The van der Waals surface area contributed by atoms with Crippen LogP contribution in [0.25, 0.3) is 0 Å². The van der Waals surface area contributed by atoms with E-state index in [4.69, 9.17) is 16.3 Å². The fourth-order valence-corrected chi connectivity index (χ4v) is 5.90. The minimum atomic E-state index is -3.97. The maximum absolute atomic E-state index is 13.4. The van der Waals surface area contributed by atoms with Gasteiger partial charge in [0.1, 0.15) is 17.7 Å². The number of carbonyl (C=O) groups excluding carboxylic acids is 1. The molecule has 0 unspecified atom stereocenters. The molecule has 1 atom stereocenters. The summed E-state index contributed by atoms with van der Waals surface area (Å²) in [5.41, 5.74) is 1.05. The average molecular weight is 501 g/mol. The van der Waals surface area contributed by atoms with E-state index >= 15 is 0 Å². The van der Waals surface area contributed by atoms with Gasteiger partial charge in [-0.25, -0.2) is 12.8 Å². The van der Waals surface area contributed by atoms with Crippen molar-refractivity contribution in [1.29, 1.82) is 0 Å². The van der Waals surface area contributed by atoms with Crippen molar-refractivity contribution < 1.29 is 22.3 Å². The molecule has 3 aromatic carbocycles. The summed E-state index contributed by atoms with van der Waals surface area (Å²) in [4.78, 5) is 13.2. The van der Waals surface area contributed by atoms with Crippen molar-refractivity contribution in [2.24, 2.45) is 0 Å². The highest BCUT2D eigenvalue weighted by Gasteiger charge is 2.51. The van der Waals surface area contributed by atoms with Crippen LogP contribution in [0.15, 0.2) is 71.6 Å². The molecule has 1 saturated carbocycles. The second-order valence-electron chi connectivity index (χ2n) is 8.64. The summed E-state index contributed by atoms with van der Waals surface area (Å²) >= 11 is 5.99. The van der Waals surface area contributed by atoms with E-state index in [2.05, 4.69) is 5.32 Å². The van der Waals surface area contributed by atoms with Crippen LogP contribution < -0.4 is 14.4 Å². The van der Waals surface area contributed by atoms with Gasteiger partial charge in [0.25, 0.3) is 10.0 Å². The summed E-state index contributed by atoms with van der Waals surface area (Å²) in [5, 5.41) is 3.54. The third kappa shape index (κ3) is 4.01. The molecule has 1 amide bonds. The zero-order chi connectivity index (χ0) is 24.1. The van der Waals surface area contributed by atoms with Gasteiger partial charge in [0.05, 0.1) is 22.5 Å². The number of rotatable bonds is 5. The first kappa shape index (κ1) is 22.7.